The minimum Gasteiger partial charge on any atom is -0.508 e. The van der Waals surface area contributed by atoms with Crippen LogP contribution in [0.1, 0.15) is 43.4 Å². The van der Waals surface area contributed by atoms with Crippen molar-refractivity contribution in [1.82, 2.24) is 5.32 Å². The lowest BCUT2D eigenvalue weighted by atomic mass is 10.1. The molecule has 2 rings (SSSR count). The van der Waals surface area contributed by atoms with Crippen LogP contribution in [0.15, 0.2) is 18.2 Å². The molecule has 0 heterocycles. The van der Waals surface area contributed by atoms with Gasteiger partial charge in [-0.3, -0.25) is 0 Å². The van der Waals surface area contributed by atoms with Crippen LogP contribution in [0, 0.1) is 0 Å². The Morgan fingerprint density at radius 2 is 2.33 bits per heavy atom. The lowest BCUT2D eigenvalue weighted by Gasteiger charge is -2.13. The van der Waals surface area contributed by atoms with Crippen molar-refractivity contribution in [3.63, 3.8) is 0 Å². The summed E-state index contributed by atoms with van der Waals surface area (Å²) in [5, 5.41) is 13.2. The molecule has 0 fully saturated rings. The topological polar surface area (TPSA) is 32.3 Å². The van der Waals surface area contributed by atoms with Crippen molar-refractivity contribution in [3.05, 3.63) is 29.3 Å². The number of phenols is 1. The lowest BCUT2D eigenvalue weighted by molar-refractivity contribution is 0.469. The molecule has 1 aromatic carbocycles. The molecule has 0 aliphatic heterocycles. The van der Waals surface area contributed by atoms with Crippen molar-refractivity contribution in [3.8, 4) is 5.75 Å². The molecule has 2 N–H and O–H groups in total. The molecule has 2 heteroatoms. The molecule has 2 nitrogen and oxygen atoms in total. The molecule has 15 heavy (non-hydrogen) atoms. The summed E-state index contributed by atoms with van der Waals surface area (Å²) in [5.41, 5.74) is 2.44. The normalized spacial score (nSPS) is 19.1. The molecule has 0 saturated carbocycles. The molecule has 1 atom stereocenters. The number of aromatic hydroxyl groups is 1. The first kappa shape index (κ1) is 10.5. The third-order valence-electron chi connectivity index (χ3n) is 3.17. The number of phenolic OH excluding ortho intramolecular Hbond substituents is 1. The summed E-state index contributed by atoms with van der Waals surface area (Å²) in [7, 11) is 0. The molecule has 1 aliphatic rings. The number of benzene rings is 1. The van der Waals surface area contributed by atoms with Crippen LogP contribution in [-0.4, -0.2) is 11.7 Å². The highest BCUT2D eigenvalue weighted by molar-refractivity contribution is 5.44. The van der Waals surface area contributed by atoms with Gasteiger partial charge in [-0.15, -0.1) is 0 Å². The zero-order chi connectivity index (χ0) is 10.7. The monoisotopic (exact) mass is 205 g/mol. The van der Waals surface area contributed by atoms with E-state index >= 15 is 0 Å². The van der Waals surface area contributed by atoms with E-state index in [1.54, 1.807) is 6.07 Å². The molecule has 1 unspecified atom stereocenters. The van der Waals surface area contributed by atoms with Crippen molar-refractivity contribution in [1.29, 1.82) is 0 Å². The van der Waals surface area contributed by atoms with Crippen molar-refractivity contribution in [2.75, 3.05) is 6.54 Å². The highest BCUT2D eigenvalue weighted by Gasteiger charge is 2.23. The summed E-state index contributed by atoms with van der Waals surface area (Å²) in [6.45, 7) is 3.28. The fourth-order valence-electron chi connectivity index (χ4n) is 2.30. The zero-order valence-corrected chi connectivity index (χ0v) is 9.29. The quantitative estimate of drug-likeness (QED) is 0.741. The molecule has 1 aliphatic carbocycles. The third-order valence-corrected chi connectivity index (χ3v) is 3.17. The van der Waals surface area contributed by atoms with Crippen LogP contribution in [0.2, 0.25) is 0 Å². The average Bonchev–Trinajstić information content (AvgIpc) is 2.64. The summed E-state index contributed by atoms with van der Waals surface area (Å²) >= 11 is 0. The Kier molecular flexibility index (Phi) is 3.27. The lowest BCUT2D eigenvalue weighted by Crippen LogP contribution is -2.20. The van der Waals surface area contributed by atoms with E-state index in [0.29, 0.717) is 11.8 Å². The SMILES string of the molecule is CCCCNC1CCc2c(O)cccc21. The maximum atomic E-state index is 9.69. The number of hydrogen-bond acceptors (Lipinski definition) is 2. The second-order valence-corrected chi connectivity index (χ2v) is 4.24. The first-order chi connectivity index (χ1) is 7.33. The Morgan fingerprint density at radius 3 is 3.13 bits per heavy atom. The van der Waals surface area contributed by atoms with Crippen LogP contribution in [-0.2, 0) is 6.42 Å². The number of unbranched alkanes of at least 4 members (excludes halogenated alkanes) is 1. The van der Waals surface area contributed by atoms with Gasteiger partial charge in [0.2, 0.25) is 0 Å². The molecule has 0 aromatic heterocycles. The third kappa shape index (κ3) is 2.15. The maximum Gasteiger partial charge on any atom is 0.119 e. The van der Waals surface area contributed by atoms with Crippen molar-refractivity contribution < 1.29 is 5.11 Å². The van der Waals surface area contributed by atoms with E-state index in [9.17, 15) is 5.11 Å². The molecule has 0 spiro atoms. The van der Waals surface area contributed by atoms with Crippen LogP contribution in [0.4, 0.5) is 0 Å². The van der Waals surface area contributed by atoms with Gasteiger partial charge >= 0.3 is 0 Å². The average molecular weight is 205 g/mol. The standard InChI is InChI=1S/C13H19NO/c1-2-3-9-14-12-8-7-11-10(12)5-4-6-13(11)15/h4-6,12,14-15H,2-3,7-9H2,1H3. The van der Waals surface area contributed by atoms with E-state index in [0.717, 1.165) is 24.9 Å². The number of fused-ring (bicyclic) bond motifs is 1. The van der Waals surface area contributed by atoms with Gasteiger partial charge in [0.05, 0.1) is 0 Å². The fraction of sp³-hybridized carbons (Fsp3) is 0.538. The predicted octanol–water partition coefficient (Wildman–Crippen LogP) is 2.77. The van der Waals surface area contributed by atoms with Gasteiger partial charge in [0.15, 0.2) is 0 Å². The Balaban J connectivity index is 2.05. The van der Waals surface area contributed by atoms with E-state index < -0.39 is 0 Å². The molecule has 1 aromatic rings. The molecule has 0 amide bonds. The van der Waals surface area contributed by atoms with Gasteiger partial charge in [0.25, 0.3) is 0 Å². The van der Waals surface area contributed by atoms with Crippen LogP contribution in [0.3, 0.4) is 0 Å². The van der Waals surface area contributed by atoms with E-state index in [4.69, 9.17) is 0 Å². The number of nitrogens with one attached hydrogen (secondary N) is 1. The Hall–Kier alpha value is -1.02. The number of hydrogen-bond donors (Lipinski definition) is 2. The largest absolute Gasteiger partial charge is 0.508 e. The minimum absolute atomic E-state index is 0.457. The molecular weight excluding hydrogens is 186 g/mol. The first-order valence-corrected chi connectivity index (χ1v) is 5.87. The molecule has 82 valence electrons. The van der Waals surface area contributed by atoms with Crippen molar-refractivity contribution in [2.45, 2.75) is 38.6 Å². The molecule has 0 radical (unpaired) electrons. The summed E-state index contributed by atoms with van der Waals surface area (Å²) in [6, 6.07) is 6.31. The second-order valence-electron chi connectivity index (χ2n) is 4.24. The van der Waals surface area contributed by atoms with Gasteiger partial charge < -0.3 is 10.4 Å². The smallest absolute Gasteiger partial charge is 0.119 e. The first-order valence-electron chi connectivity index (χ1n) is 5.87. The molecule has 0 bridgehead atoms. The van der Waals surface area contributed by atoms with Crippen LogP contribution >= 0.6 is 0 Å². The fourth-order valence-corrected chi connectivity index (χ4v) is 2.30. The van der Waals surface area contributed by atoms with Gasteiger partial charge in [-0.1, -0.05) is 25.5 Å². The summed E-state index contributed by atoms with van der Waals surface area (Å²) in [4.78, 5) is 0. The van der Waals surface area contributed by atoms with Gasteiger partial charge in [0, 0.05) is 6.04 Å². The van der Waals surface area contributed by atoms with E-state index in [1.165, 1.54) is 18.4 Å². The zero-order valence-electron chi connectivity index (χ0n) is 9.29. The van der Waals surface area contributed by atoms with Crippen LogP contribution in [0.5, 0.6) is 5.75 Å². The van der Waals surface area contributed by atoms with E-state index in [2.05, 4.69) is 18.3 Å². The molecule has 0 saturated heterocycles. The summed E-state index contributed by atoms with van der Waals surface area (Å²) in [5.74, 6) is 0.465. The Bertz CT molecular complexity index is 335. The molecular formula is C13H19NO. The van der Waals surface area contributed by atoms with Crippen molar-refractivity contribution in [2.24, 2.45) is 0 Å². The Labute approximate surface area is 91.3 Å². The summed E-state index contributed by atoms with van der Waals surface area (Å²) in [6.07, 6.45) is 4.58. The highest BCUT2D eigenvalue weighted by Crippen LogP contribution is 2.36. The van der Waals surface area contributed by atoms with Gasteiger partial charge in [0.1, 0.15) is 5.75 Å². The number of rotatable bonds is 4. The van der Waals surface area contributed by atoms with Gasteiger partial charge in [-0.2, -0.15) is 0 Å². The van der Waals surface area contributed by atoms with Gasteiger partial charge in [-0.05, 0) is 43.0 Å². The minimum atomic E-state index is 0.457. The Morgan fingerprint density at radius 1 is 1.47 bits per heavy atom. The predicted molar refractivity (Wildman–Crippen MR) is 62.1 cm³/mol. The second kappa shape index (κ2) is 4.67. The summed E-state index contributed by atoms with van der Waals surface area (Å²) < 4.78 is 0. The van der Waals surface area contributed by atoms with Crippen LogP contribution in [0.25, 0.3) is 0 Å². The van der Waals surface area contributed by atoms with Gasteiger partial charge in [-0.25, -0.2) is 0 Å². The van der Waals surface area contributed by atoms with Crippen molar-refractivity contribution >= 4 is 0 Å². The maximum absolute atomic E-state index is 9.69. The van der Waals surface area contributed by atoms with E-state index in [-0.39, 0.29) is 0 Å². The van der Waals surface area contributed by atoms with E-state index in [1.807, 2.05) is 6.07 Å². The highest BCUT2D eigenvalue weighted by atomic mass is 16.3. The van der Waals surface area contributed by atoms with Crippen LogP contribution < -0.4 is 5.32 Å².